The number of methoxy groups -OCH3 is 1. The topological polar surface area (TPSA) is 44.7 Å². The van der Waals surface area contributed by atoms with Crippen molar-refractivity contribution in [3.63, 3.8) is 0 Å². The molecule has 0 radical (unpaired) electrons. The Hall–Kier alpha value is -0.160. The summed E-state index contributed by atoms with van der Waals surface area (Å²) in [5.41, 5.74) is 0. The van der Waals surface area contributed by atoms with E-state index in [9.17, 15) is 5.11 Å². The smallest absolute Gasteiger partial charge is 0.0791 e. The van der Waals surface area contributed by atoms with E-state index < -0.39 is 0 Å². The highest BCUT2D eigenvalue weighted by molar-refractivity contribution is 4.73. The molecule has 2 unspecified atom stereocenters. The third-order valence-corrected chi connectivity index (χ3v) is 3.97. The van der Waals surface area contributed by atoms with E-state index in [0.717, 1.165) is 32.1 Å². The SMILES string of the molecule is CCCC1CCCN(CC(O)CNCCOC)CC1. The fraction of sp³-hybridized carbons (Fsp3) is 1.00. The predicted molar refractivity (Wildman–Crippen MR) is 79.4 cm³/mol. The molecule has 0 saturated carbocycles. The zero-order valence-corrected chi connectivity index (χ0v) is 12.7. The minimum atomic E-state index is -0.264. The van der Waals surface area contributed by atoms with Crippen molar-refractivity contribution in [1.82, 2.24) is 10.2 Å². The van der Waals surface area contributed by atoms with E-state index >= 15 is 0 Å². The number of ether oxygens (including phenoxy) is 1. The van der Waals surface area contributed by atoms with Crippen LogP contribution in [0.2, 0.25) is 0 Å². The second kappa shape index (κ2) is 10.6. The maximum atomic E-state index is 10.0. The van der Waals surface area contributed by atoms with Gasteiger partial charge in [-0.3, -0.25) is 0 Å². The number of rotatable bonds is 9. The summed E-state index contributed by atoms with van der Waals surface area (Å²) in [6.07, 6.45) is 6.37. The standard InChI is InChI=1S/C15H32N2O2/c1-3-5-14-6-4-9-17(10-7-14)13-15(18)12-16-8-11-19-2/h14-16,18H,3-13H2,1-2H3. The first kappa shape index (κ1) is 16.9. The number of aliphatic hydroxyl groups is 1. The number of nitrogens with one attached hydrogen (secondary N) is 1. The fourth-order valence-corrected chi connectivity index (χ4v) is 2.91. The summed E-state index contributed by atoms with van der Waals surface area (Å²) in [5, 5.41) is 13.2. The highest BCUT2D eigenvalue weighted by atomic mass is 16.5. The molecule has 1 rings (SSSR count). The maximum Gasteiger partial charge on any atom is 0.0791 e. The van der Waals surface area contributed by atoms with E-state index in [1.807, 2.05) is 0 Å². The van der Waals surface area contributed by atoms with Gasteiger partial charge in [0.2, 0.25) is 0 Å². The van der Waals surface area contributed by atoms with Crippen molar-refractivity contribution in [2.24, 2.45) is 5.92 Å². The molecule has 1 heterocycles. The second-order valence-corrected chi connectivity index (χ2v) is 5.74. The van der Waals surface area contributed by atoms with Crippen molar-refractivity contribution in [2.75, 3.05) is 46.4 Å². The molecule has 0 bridgehead atoms. The van der Waals surface area contributed by atoms with Crippen LogP contribution in [0.5, 0.6) is 0 Å². The lowest BCUT2D eigenvalue weighted by Crippen LogP contribution is -2.39. The summed E-state index contributed by atoms with van der Waals surface area (Å²) in [4.78, 5) is 2.43. The van der Waals surface area contributed by atoms with Gasteiger partial charge in [0.15, 0.2) is 0 Å². The van der Waals surface area contributed by atoms with Gasteiger partial charge in [-0.2, -0.15) is 0 Å². The first-order valence-corrected chi connectivity index (χ1v) is 7.86. The van der Waals surface area contributed by atoms with Gasteiger partial charge in [-0.05, 0) is 38.3 Å². The quantitative estimate of drug-likeness (QED) is 0.624. The third kappa shape index (κ3) is 7.88. The minimum Gasteiger partial charge on any atom is -0.390 e. The van der Waals surface area contributed by atoms with Gasteiger partial charge in [0.25, 0.3) is 0 Å². The molecule has 0 aromatic rings. The molecule has 0 aliphatic carbocycles. The predicted octanol–water partition coefficient (Wildman–Crippen LogP) is 1.49. The Morgan fingerprint density at radius 2 is 2.21 bits per heavy atom. The number of likely N-dealkylation sites (tertiary alicyclic amines) is 1. The molecule has 4 heteroatoms. The van der Waals surface area contributed by atoms with Crippen LogP contribution in [-0.4, -0.2) is 62.6 Å². The first-order chi connectivity index (χ1) is 9.26. The lowest BCUT2D eigenvalue weighted by Gasteiger charge is -2.23. The summed E-state index contributed by atoms with van der Waals surface area (Å²) < 4.78 is 4.97. The molecular formula is C15H32N2O2. The van der Waals surface area contributed by atoms with Crippen molar-refractivity contribution in [1.29, 1.82) is 0 Å². The van der Waals surface area contributed by atoms with E-state index in [1.54, 1.807) is 7.11 Å². The second-order valence-electron chi connectivity index (χ2n) is 5.74. The Kier molecular flexibility index (Phi) is 9.43. The molecule has 1 aliphatic rings. The molecular weight excluding hydrogens is 240 g/mol. The van der Waals surface area contributed by atoms with Crippen molar-refractivity contribution in [2.45, 2.75) is 45.1 Å². The van der Waals surface area contributed by atoms with Crippen LogP contribution in [0, 0.1) is 5.92 Å². The summed E-state index contributed by atoms with van der Waals surface area (Å²) in [6, 6.07) is 0. The Morgan fingerprint density at radius 1 is 1.37 bits per heavy atom. The number of aliphatic hydroxyl groups excluding tert-OH is 1. The lowest BCUT2D eigenvalue weighted by atomic mass is 9.96. The van der Waals surface area contributed by atoms with E-state index in [4.69, 9.17) is 4.74 Å². The summed E-state index contributed by atoms with van der Waals surface area (Å²) in [6.45, 7) is 7.56. The fourth-order valence-electron chi connectivity index (χ4n) is 2.91. The number of hydrogen-bond acceptors (Lipinski definition) is 4. The average molecular weight is 272 g/mol. The van der Waals surface area contributed by atoms with Crippen molar-refractivity contribution in [3.8, 4) is 0 Å². The van der Waals surface area contributed by atoms with Crippen molar-refractivity contribution >= 4 is 0 Å². The van der Waals surface area contributed by atoms with Crippen molar-refractivity contribution in [3.05, 3.63) is 0 Å². The van der Waals surface area contributed by atoms with Gasteiger partial charge >= 0.3 is 0 Å². The zero-order chi connectivity index (χ0) is 13.9. The Bertz CT molecular complexity index is 214. The Morgan fingerprint density at radius 3 is 2.95 bits per heavy atom. The molecule has 1 fully saturated rings. The molecule has 0 aromatic carbocycles. The van der Waals surface area contributed by atoms with Crippen LogP contribution in [0.25, 0.3) is 0 Å². The Balaban J connectivity index is 2.14. The first-order valence-electron chi connectivity index (χ1n) is 7.86. The molecule has 114 valence electrons. The maximum absolute atomic E-state index is 10.0. The van der Waals surface area contributed by atoms with Crippen LogP contribution in [0.4, 0.5) is 0 Å². The molecule has 1 aliphatic heterocycles. The summed E-state index contributed by atoms with van der Waals surface area (Å²) >= 11 is 0. The van der Waals surface area contributed by atoms with Crippen molar-refractivity contribution < 1.29 is 9.84 Å². The number of hydrogen-bond donors (Lipinski definition) is 2. The molecule has 1 saturated heterocycles. The van der Waals surface area contributed by atoms with E-state index in [-0.39, 0.29) is 6.10 Å². The van der Waals surface area contributed by atoms with Gasteiger partial charge in [-0.15, -0.1) is 0 Å². The van der Waals surface area contributed by atoms with Gasteiger partial charge in [0, 0.05) is 26.7 Å². The van der Waals surface area contributed by atoms with Crippen LogP contribution >= 0.6 is 0 Å². The highest BCUT2D eigenvalue weighted by Crippen LogP contribution is 2.21. The average Bonchev–Trinajstić information content (AvgIpc) is 2.61. The molecule has 0 spiro atoms. The van der Waals surface area contributed by atoms with E-state index in [1.165, 1.54) is 32.1 Å². The summed E-state index contributed by atoms with van der Waals surface area (Å²) in [7, 11) is 1.70. The van der Waals surface area contributed by atoms with E-state index in [2.05, 4.69) is 17.1 Å². The lowest BCUT2D eigenvalue weighted by molar-refractivity contribution is 0.109. The largest absolute Gasteiger partial charge is 0.390 e. The molecule has 2 N–H and O–H groups in total. The minimum absolute atomic E-state index is 0.264. The van der Waals surface area contributed by atoms with Gasteiger partial charge in [-0.1, -0.05) is 19.8 Å². The molecule has 19 heavy (non-hydrogen) atoms. The number of β-amino-alcohol motifs (C(OH)–C–C–N with tert-alkyl or cyclic N) is 1. The molecule has 0 amide bonds. The van der Waals surface area contributed by atoms with Crippen LogP contribution < -0.4 is 5.32 Å². The molecule has 4 nitrogen and oxygen atoms in total. The zero-order valence-electron chi connectivity index (χ0n) is 12.7. The third-order valence-electron chi connectivity index (χ3n) is 3.97. The van der Waals surface area contributed by atoms with Gasteiger partial charge in [0.05, 0.1) is 12.7 Å². The normalized spacial score (nSPS) is 23.2. The van der Waals surface area contributed by atoms with Crippen LogP contribution in [0.1, 0.15) is 39.0 Å². The summed E-state index contributed by atoms with van der Waals surface area (Å²) in [5.74, 6) is 0.909. The Labute approximate surface area is 118 Å². The molecule has 0 aromatic heterocycles. The highest BCUT2D eigenvalue weighted by Gasteiger charge is 2.18. The van der Waals surface area contributed by atoms with Crippen LogP contribution in [0.15, 0.2) is 0 Å². The van der Waals surface area contributed by atoms with Gasteiger partial charge < -0.3 is 20.1 Å². The molecule has 2 atom stereocenters. The van der Waals surface area contributed by atoms with E-state index in [0.29, 0.717) is 13.2 Å². The van der Waals surface area contributed by atoms with Gasteiger partial charge in [0.1, 0.15) is 0 Å². The van der Waals surface area contributed by atoms with Crippen LogP contribution in [-0.2, 0) is 4.74 Å². The van der Waals surface area contributed by atoms with Gasteiger partial charge in [-0.25, -0.2) is 0 Å². The monoisotopic (exact) mass is 272 g/mol. The van der Waals surface area contributed by atoms with Crippen LogP contribution in [0.3, 0.4) is 0 Å². The number of nitrogens with zero attached hydrogens (tertiary/aromatic N) is 1.